The average molecular weight is 543 g/mol. The first-order valence-electron chi connectivity index (χ1n) is 15.5. The van der Waals surface area contributed by atoms with Gasteiger partial charge in [-0.3, -0.25) is 4.90 Å². The van der Waals surface area contributed by atoms with Gasteiger partial charge in [-0.25, -0.2) is 9.78 Å². The van der Waals surface area contributed by atoms with Gasteiger partial charge in [0.1, 0.15) is 11.4 Å². The molecule has 3 aromatic rings. The number of hydrogen-bond acceptors (Lipinski definition) is 4. The Bertz CT molecular complexity index is 1300. The van der Waals surface area contributed by atoms with Gasteiger partial charge in [0.2, 0.25) is 0 Å². The summed E-state index contributed by atoms with van der Waals surface area (Å²) in [6.07, 6.45) is 9.29. The molecule has 40 heavy (non-hydrogen) atoms. The highest BCUT2D eigenvalue weighted by molar-refractivity contribution is 5.76. The Morgan fingerprint density at radius 2 is 1.60 bits per heavy atom. The van der Waals surface area contributed by atoms with E-state index in [0.29, 0.717) is 18.1 Å². The number of para-hydroxylation sites is 2. The molecule has 6 heteroatoms. The molecule has 214 valence electrons. The highest BCUT2D eigenvalue weighted by atomic mass is 16.6. The van der Waals surface area contributed by atoms with Crippen LogP contribution in [0, 0.1) is 6.92 Å². The van der Waals surface area contributed by atoms with Crippen molar-refractivity contribution in [2.24, 2.45) is 0 Å². The van der Waals surface area contributed by atoms with Gasteiger partial charge in [0.25, 0.3) is 0 Å². The fraction of sp³-hybridized carbons (Fsp3) is 0.588. The van der Waals surface area contributed by atoms with Crippen LogP contribution < -0.4 is 0 Å². The Hall–Kier alpha value is -2.86. The van der Waals surface area contributed by atoms with E-state index in [9.17, 15) is 4.79 Å². The third-order valence-corrected chi connectivity index (χ3v) is 9.83. The maximum Gasteiger partial charge on any atom is 0.410 e. The Balaban J connectivity index is 1.10. The van der Waals surface area contributed by atoms with Crippen molar-refractivity contribution in [3.63, 3.8) is 0 Å². The number of imidazole rings is 1. The minimum absolute atomic E-state index is 0.129. The van der Waals surface area contributed by atoms with Crippen LogP contribution in [0.1, 0.15) is 89.6 Å². The molecule has 6 rings (SSSR count). The van der Waals surface area contributed by atoms with E-state index in [4.69, 9.17) is 9.72 Å². The molecule has 0 radical (unpaired) electrons. The maximum atomic E-state index is 12.8. The van der Waals surface area contributed by atoms with Crippen LogP contribution in [0.3, 0.4) is 0 Å². The molecule has 2 atom stereocenters. The van der Waals surface area contributed by atoms with E-state index in [0.717, 1.165) is 37.3 Å². The van der Waals surface area contributed by atoms with Gasteiger partial charge in [-0.1, -0.05) is 42.5 Å². The summed E-state index contributed by atoms with van der Waals surface area (Å²) in [7, 11) is 0. The number of nitrogens with zero attached hydrogens (tertiary/aromatic N) is 4. The molecule has 3 fully saturated rings. The number of rotatable bonds is 6. The standard InChI is InChI=1S/C34H46N4O2/c1-25-35-30-13-8-9-14-31(30)38(25)29-23-27-15-16-28(24-29)37(27)20-10-17-34(26-11-6-5-7-12-26)18-21-36(22-19-34)32(39)40-33(2,3)4/h5-9,11-14,27-29H,10,15-24H2,1-4H3. The monoisotopic (exact) mass is 542 g/mol. The highest BCUT2D eigenvalue weighted by Gasteiger charge is 2.43. The molecule has 3 aliphatic rings. The number of carbonyl (C=O) groups excluding carboxylic acids is 1. The Labute approximate surface area is 239 Å². The third-order valence-electron chi connectivity index (χ3n) is 9.83. The quantitative estimate of drug-likeness (QED) is 0.329. The lowest BCUT2D eigenvalue weighted by atomic mass is 9.69. The molecule has 0 N–H and O–H groups in total. The van der Waals surface area contributed by atoms with Gasteiger partial charge in [-0.15, -0.1) is 0 Å². The van der Waals surface area contributed by atoms with Crippen LogP contribution in [0.2, 0.25) is 0 Å². The zero-order chi connectivity index (χ0) is 27.9. The summed E-state index contributed by atoms with van der Waals surface area (Å²) in [5.41, 5.74) is 3.52. The molecule has 3 saturated heterocycles. The molecule has 0 aliphatic carbocycles. The van der Waals surface area contributed by atoms with Crippen molar-refractivity contribution < 1.29 is 9.53 Å². The van der Waals surface area contributed by atoms with E-state index < -0.39 is 5.60 Å². The number of likely N-dealkylation sites (tertiary alicyclic amines) is 1. The normalized spacial score (nSPS) is 24.9. The summed E-state index contributed by atoms with van der Waals surface area (Å²) in [5.74, 6) is 1.15. The second-order valence-electron chi connectivity index (χ2n) is 13.5. The van der Waals surface area contributed by atoms with Crippen molar-refractivity contribution in [3.8, 4) is 0 Å². The molecule has 4 heterocycles. The fourth-order valence-corrected chi connectivity index (χ4v) is 7.97. The van der Waals surface area contributed by atoms with Crippen LogP contribution in [0.15, 0.2) is 54.6 Å². The van der Waals surface area contributed by atoms with Crippen molar-refractivity contribution in [2.45, 2.75) is 108 Å². The lowest BCUT2D eigenvalue weighted by molar-refractivity contribution is 0.0153. The molecule has 2 unspecified atom stereocenters. The third kappa shape index (κ3) is 5.39. The van der Waals surface area contributed by atoms with Gasteiger partial charge >= 0.3 is 6.09 Å². The van der Waals surface area contributed by atoms with Gasteiger partial charge in [-0.2, -0.15) is 0 Å². The first kappa shape index (κ1) is 27.3. The molecule has 1 aromatic heterocycles. The van der Waals surface area contributed by atoms with E-state index in [2.05, 4.69) is 71.0 Å². The highest BCUT2D eigenvalue weighted by Crippen LogP contribution is 2.44. The zero-order valence-corrected chi connectivity index (χ0v) is 24.8. The number of benzene rings is 2. The fourth-order valence-electron chi connectivity index (χ4n) is 7.97. The Morgan fingerprint density at radius 3 is 2.27 bits per heavy atom. The smallest absolute Gasteiger partial charge is 0.410 e. The van der Waals surface area contributed by atoms with Crippen molar-refractivity contribution in [1.82, 2.24) is 19.4 Å². The largest absolute Gasteiger partial charge is 0.444 e. The minimum atomic E-state index is -0.457. The average Bonchev–Trinajstić information content (AvgIpc) is 3.38. The minimum Gasteiger partial charge on any atom is -0.444 e. The van der Waals surface area contributed by atoms with Crippen LogP contribution in [0.5, 0.6) is 0 Å². The number of hydrogen-bond donors (Lipinski definition) is 0. The van der Waals surface area contributed by atoms with Gasteiger partial charge in [0, 0.05) is 31.2 Å². The molecular formula is C34H46N4O2. The van der Waals surface area contributed by atoms with Crippen molar-refractivity contribution >= 4 is 17.1 Å². The SMILES string of the molecule is Cc1nc2ccccc2n1C1CC2CCC(C1)N2CCCC1(c2ccccc2)CCN(C(=O)OC(C)(C)C)CC1. The number of amides is 1. The second kappa shape index (κ2) is 10.8. The van der Waals surface area contributed by atoms with Gasteiger partial charge in [-0.05, 0) is 109 Å². The number of aromatic nitrogens is 2. The van der Waals surface area contributed by atoms with E-state index in [1.807, 2.05) is 25.7 Å². The van der Waals surface area contributed by atoms with E-state index >= 15 is 0 Å². The first-order valence-corrected chi connectivity index (χ1v) is 15.5. The van der Waals surface area contributed by atoms with Gasteiger partial charge in [0.15, 0.2) is 0 Å². The molecule has 2 aromatic carbocycles. The van der Waals surface area contributed by atoms with E-state index in [1.165, 1.54) is 56.1 Å². The van der Waals surface area contributed by atoms with E-state index in [-0.39, 0.29) is 11.5 Å². The molecule has 6 nitrogen and oxygen atoms in total. The lowest BCUT2D eigenvalue weighted by Gasteiger charge is -2.44. The number of fused-ring (bicyclic) bond motifs is 3. The molecule has 2 bridgehead atoms. The van der Waals surface area contributed by atoms with Gasteiger partial charge in [0.05, 0.1) is 11.0 Å². The topological polar surface area (TPSA) is 50.6 Å². The number of ether oxygens (including phenoxy) is 1. The second-order valence-corrected chi connectivity index (χ2v) is 13.5. The van der Waals surface area contributed by atoms with Crippen LogP contribution in [-0.4, -0.2) is 62.8 Å². The summed E-state index contributed by atoms with van der Waals surface area (Å²) in [4.78, 5) is 22.4. The van der Waals surface area contributed by atoms with Gasteiger partial charge < -0.3 is 14.2 Å². The predicted molar refractivity (Wildman–Crippen MR) is 161 cm³/mol. The predicted octanol–water partition coefficient (Wildman–Crippen LogP) is 7.26. The summed E-state index contributed by atoms with van der Waals surface area (Å²) >= 11 is 0. The molecular weight excluding hydrogens is 496 g/mol. The first-order chi connectivity index (χ1) is 19.2. The lowest BCUT2D eigenvalue weighted by Crippen LogP contribution is -2.47. The molecule has 0 saturated carbocycles. The zero-order valence-electron chi connectivity index (χ0n) is 24.8. The van der Waals surface area contributed by atoms with Crippen molar-refractivity contribution in [1.29, 1.82) is 0 Å². The number of piperidine rings is 2. The number of carbonyl (C=O) groups is 1. The molecule has 0 spiro atoms. The molecule has 3 aliphatic heterocycles. The van der Waals surface area contributed by atoms with E-state index in [1.54, 1.807) is 0 Å². The molecule has 1 amide bonds. The maximum absolute atomic E-state index is 12.8. The summed E-state index contributed by atoms with van der Waals surface area (Å²) in [6.45, 7) is 10.7. The summed E-state index contributed by atoms with van der Waals surface area (Å²) < 4.78 is 8.21. The number of aryl methyl sites for hydroxylation is 1. The van der Waals surface area contributed by atoms with Crippen LogP contribution in [0.4, 0.5) is 4.79 Å². The Morgan fingerprint density at radius 1 is 0.950 bits per heavy atom. The van der Waals surface area contributed by atoms with Crippen molar-refractivity contribution in [2.75, 3.05) is 19.6 Å². The Kier molecular flexibility index (Phi) is 7.41. The van der Waals surface area contributed by atoms with Crippen molar-refractivity contribution in [3.05, 3.63) is 66.0 Å². The van der Waals surface area contributed by atoms with Crippen LogP contribution in [0.25, 0.3) is 11.0 Å². The van der Waals surface area contributed by atoms with Crippen LogP contribution in [-0.2, 0) is 10.2 Å². The van der Waals surface area contributed by atoms with Crippen LogP contribution >= 0.6 is 0 Å². The summed E-state index contributed by atoms with van der Waals surface area (Å²) in [5, 5.41) is 0. The summed E-state index contributed by atoms with van der Waals surface area (Å²) in [6, 6.07) is 21.6.